The molecule has 4 rings (SSSR count). The highest BCUT2D eigenvalue weighted by Gasteiger charge is 2.22. The lowest BCUT2D eigenvalue weighted by molar-refractivity contribution is -0.130. The Morgan fingerprint density at radius 2 is 1.77 bits per heavy atom. The van der Waals surface area contributed by atoms with Crippen LogP contribution < -0.4 is 5.56 Å². The highest BCUT2D eigenvalue weighted by atomic mass is 35.5. The summed E-state index contributed by atoms with van der Waals surface area (Å²) in [6, 6.07) is 12.4. The second-order valence-electron chi connectivity index (χ2n) is 7.33. The zero-order chi connectivity index (χ0) is 22.3. The van der Waals surface area contributed by atoms with E-state index in [0.29, 0.717) is 45.4 Å². The molecule has 31 heavy (non-hydrogen) atoms. The summed E-state index contributed by atoms with van der Waals surface area (Å²) >= 11 is 12.4. The molecule has 0 saturated carbocycles. The second-order valence-corrected chi connectivity index (χ2v) is 8.20. The highest BCUT2D eigenvalue weighted by molar-refractivity contribution is 6.31. The Bertz CT molecular complexity index is 1370. The van der Waals surface area contributed by atoms with Crippen molar-refractivity contribution in [3.8, 4) is 5.69 Å². The van der Waals surface area contributed by atoms with Gasteiger partial charge < -0.3 is 9.47 Å². The third-order valence-corrected chi connectivity index (χ3v) is 6.02. The number of amides is 1. The van der Waals surface area contributed by atoms with E-state index in [1.54, 1.807) is 35.2 Å². The Morgan fingerprint density at radius 1 is 1.06 bits per heavy atom. The van der Waals surface area contributed by atoms with Crippen LogP contribution in [0.15, 0.2) is 47.3 Å². The minimum absolute atomic E-state index is 0.0407. The van der Waals surface area contributed by atoms with Crippen molar-refractivity contribution < 1.29 is 4.79 Å². The smallest absolute Gasteiger partial charge is 0.296 e. The van der Waals surface area contributed by atoms with Gasteiger partial charge in [0.1, 0.15) is 5.52 Å². The number of fused-ring (bicyclic) bond motifs is 3. The number of likely N-dealkylation sites (N-methyl/N-ethyl adjacent to an activating group) is 1. The molecule has 0 radical (unpaired) electrons. The van der Waals surface area contributed by atoms with Crippen LogP contribution in [-0.2, 0) is 18.3 Å². The number of aryl methyl sites for hydroxylation is 1. The molecule has 0 atom stereocenters. The first kappa shape index (κ1) is 21.4. The van der Waals surface area contributed by atoms with E-state index in [1.165, 1.54) is 4.68 Å². The van der Waals surface area contributed by atoms with Crippen LogP contribution in [0.2, 0.25) is 10.0 Å². The number of halogens is 2. The van der Waals surface area contributed by atoms with Crippen LogP contribution in [-0.4, -0.2) is 38.2 Å². The zero-order valence-corrected chi connectivity index (χ0v) is 19.0. The molecule has 0 fully saturated rings. The predicted molar refractivity (Wildman–Crippen MR) is 125 cm³/mol. The van der Waals surface area contributed by atoms with Crippen LogP contribution in [0.4, 0.5) is 0 Å². The zero-order valence-electron chi connectivity index (χ0n) is 17.5. The maximum atomic E-state index is 13.5. The summed E-state index contributed by atoms with van der Waals surface area (Å²) in [5, 5.41) is 7.23. The molecule has 0 aliphatic rings. The van der Waals surface area contributed by atoms with Crippen molar-refractivity contribution in [3.63, 3.8) is 0 Å². The van der Waals surface area contributed by atoms with Gasteiger partial charge in [0.2, 0.25) is 5.91 Å². The number of rotatable bonds is 5. The minimum Gasteiger partial charge on any atom is -0.343 e. The maximum absolute atomic E-state index is 13.5. The molecule has 8 heteroatoms. The molecule has 0 saturated heterocycles. The van der Waals surface area contributed by atoms with Crippen molar-refractivity contribution in [3.05, 3.63) is 68.6 Å². The van der Waals surface area contributed by atoms with Gasteiger partial charge in [-0.2, -0.15) is 9.78 Å². The molecule has 0 spiro atoms. The van der Waals surface area contributed by atoms with Gasteiger partial charge in [0, 0.05) is 41.0 Å². The molecule has 2 aromatic heterocycles. The molecular formula is C23H22Cl2N4O2. The molecule has 2 aromatic carbocycles. The van der Waals surface area contributed by atoms with Gasteiger partial charge in [-0.15, -0.1) is 0 Å². The largest absolute Gasteiger partial charge is 0.343 e. The molecule has 0 bridgehead atoms. The summed E-state index contributed by atoms with van der Waals surface area (Å²) in [6.45, 7) is 5.10. The van der Waals surface area contributed by atoms with Crippen molar-refractivity contribution >= 4 is 50.9 Å². The van der Waals surface area contributed by atoms with E-state index in [9.17, 15) is 9.59 Å². The van der Waals surface area contributed by atoms with Gasteiger partial charge in [0.05, 0.1) is 23.3 Å². The summed E-state index contributed by atoms with van der Waals surface area (Å²) < 4.78 is 3.13. The fourth-order valence-corrected chi connectivity index (χ4v) is 4.36. The number of aromatic nitrogens is 3. The van der Waals surface area contributed by atoms with E-state index in [4.69, 9.17) is 23.2 Å². The Labute approximate surface area is 189 Å². The van der Waals surface area contributed by atoms with Gasteiger partial charge >= 0.3 is 0 Å². The van der Waals surface area contributed by atoms with Crippen molar-refractivity contribution in [1.82, 2.24) is 19.2 Å². The minimum atomic E-state index is -0.286. The third kappa shape index (κ3) is 3.70. The lowest BCUT2D eigenvalue weighted by Gasteiger charge is -2.19. The lowest BCUT2D eigenvalue weighted by Crippen LogP contribution is -2.33. The summed E-state index contributed by atoms with van der Waals surface area (Å²) in [6.07, 6.45) is 0.0841. The monoisotopic (exact) mass is 456 g/mol. The lowest BCUT2D eigenvalue weighted by atomic mass is 10.1. The number of carbonyl (C=O) groups is 1. The van der Waals surface area contributed by atoms with Crippen LogP contribution in [0.3, 0.4) is 0 Å². The van der Waals surface area contributed by atoms with Crippen molar-refractivity contribution in [2.45, 2.75) is 20.3 Å². The highest BCUT2D eigenvalue weighted by Crippen LogP contribution is 2.31. The second kappa shape index (κ2) is 8.36. The average molecular weight is 457 g/mol. The molecule has 2 heterocycles. The molecule has 6 nitrogen and oxygen atoms in total. The maximum Gasteiger partial charge on any atom is 0.296 e. The van der Waals surface area contributed by atoms with E-state index < -0.39 is 0 Å². The van der Waals surface area contributed by atoms with E-state index in [0.717, 1.165) is 10.9 Å². The van der Waals surface area contributed by atoms with E-state index >= 15 is 0 Å². The molecule has 4 aromatic rings. The molecular weight excluding hydrogens is 435 g/mol. The number of benzene rings is 2. The normalized spacial score (nSPS) is 11.4. The summed E-state index contributed by atoms with van der Waals surface area (Å²) in [7, 11) is 1.82. The Hall–Kier alpha value is -2.83. The average Bonchev–Trinajstić information content (AvgIpc) is 3.03. The molecule has 0 N–H and O–H groups in total. The molecule has 0 aliphatic carbocycles. The first-order chi connectivity index (χ1) is 14.8. The molecule has 0 aliphatic heterocycles. The Kier molecular flexibility index (Phi) is 5.77. The predicted octanol–water partition coefficient (Wildman–Crippen LogP) is 4.60. The van der Waals surface area contributed by atoms with Crippen molar-refractivity contribution in [1.29, 1.82) is 0 Å². The van der Waals surface area contributed by atoms with Gasteiger partial charge in [0.15, 0.2) is 0 Å². The summed E-state index contributed by atoms with van der Waals surface area (Å²) in [5.74, 6) is -0.0407. The third-order valence-electron chi connectivity index (χ3n) is 5.55. The van der Waals surface area contributed by atoms with Crippen molar-refractivity contribution in [2.24, 2.45) is 7.05 Å². The standard InChI is InChI=1S/C23H22Cl2N4O2/c1-4-28(5-2)20(30)13-18-21-17-10-9-15(25)12-19(17)27(3)22(21)23(31)29(26-18)16-8-6-7-14(24)11-16/h6-12H,4-5,13H2,1-3H3. The SMILES string of the molecule is CCN(CC)C(=O)Cc1nn(-c2cccc(Cl)c2)c(=O)c2c1c1ccc(Cl)cc1n2C. The van der Waals surface area contributed by atoms with Gasteiger partial charge in [0.25, 0.3) is 5.56 Å². The molecule has 1 amide bonds. The number of nitrogens with zero attached hydrogens (tertiary/aromatic N) is 4. The Morgan fingerprint density at radius 3 is 2.45 bits per heavy atom. The summed E-state index contributed by atoms with van der Waals surface area (Å²) in [5.41, 5.74) is 2.07. The number of carbonyl (C=O) groups excluding carboxylic acids is 1. The fraction of sp³-hybridized carbons (Fsp3) is 0.261. The van der Waals surface area contributed by atoms with Gasteiger partial charge in [-0.1, -0.05) is 35.3 Å². The number of hydrogen-bond acceptors (Lipinski definition) is 3. The van der Waals surface area contributed by atoms with Gasteiger partial charge in [-0.3, -0.25) is 9.59 Å². The van der Waals surface area contributed by atoms with Crippen LogP contribution in [0.5, 0.6) is 0 Å². The van der Waals surface area contributed by atoms with Gasteiger partial charge in [-0.05, 0) is 44.2 Å². The van der Waals surface area contributed by atoms with Gasteiger partial charge in [-0.25, -0.2) is 0 Å². The number of hydrogen-bond donors (Lipinski definition) is 0. The van der Waals surface area contributed by atoms with Crippen LogP contribution in [0, 0.1) is 0 Å². The van der Waals surface area contributed by atoms with Crippen LogP contribution in [0.1, 0.15) is 19.5 Å². The molecule has 0 unspecified atom stereocenters. The van der Waals surface area contributed by atoms with E-state index in [2.05, 4.69) is 5.10 Å². The quantitative estimate of drug-likeness (QED) is 0.440. The van der Waals surface area contributed by atoms with Crippen LogP contribution in [0.25, 0.3) is 27.5 Å². The van der Waals surface area contributed by atoms with E-state index in [-0.39, 0.29) is 17.9 Å². The van der Waals surface area contributed by atoms with Crippen LogP contribution >= 0.6 is 23.2 Å². The molecule has 160 valence electrons. The fourth-order valence-electron chi connectivity index (χ4n) is 4.01. The Balaban J connectivity index is 2.07. The van der Waals surface area contributed by atoms with E-state index in [1.807, 2.05) is 37.6 Å². The first-order valence-electron chi connectivity index (χ1n) is 10.1. The topological polar surface area (TPSA) is 60.1 Å². The summed E-state index contributed by atoms with van der Waals surface area (Å²) in [4.78, 5) is 28.2. The van der Waals surface area contributed by atoms with Crippen molar-refractivity contribution in [2.75, 3.05) is 13.1 Å². The first-order valence-corrected chi connectivity index (χ1v) is 10.8.